The van der Waals surface area contributed by atoms with Crippen LogP contribution in [0.5, 0.6) is 5.75 Å². The molecule has 1 unspecified atom stereocenters. The van der Waals surface area contributed by atoms with Crippen molar-refractivity contribution in [1.82, 2.24) is 0 Å². The van der Waals surface area contributed by atoms with Gasteiger partial charge in [-0.15, -0.1) is 0 Å². The zero-order chi connectivity index (χ0) is 11.1. The quantitative estimate of drug-likeness (QED) is 0.447. The lowest BCUT2D eigenvalue weighted by atomic mass is 10.1. The molecular formula is C11H16O4. The summed E-state index contributed by atoms with van der Waals surface area (Å²) < 4.78 is 0. The van der Waals surface area contributed by atoms with E-state index in [-0.39, 0.29) is 6.10 Å². The maximum absolute atomic E-state index is 8.47. The van der Waals surface area contributed by atoms with Crippen LogP contribution in [0.25, 0.3) is 0 Å². The Morgan fingerprint density at radius 2 is 1.93 bits per heavy atom. The maximum atomic E-state index is 8.47. The van der Waals surface area contributed by atoms with Gasteiger partial charge in [-0.1, -0.05) is 19.1 Å². The molecule has 15 heavy (non-hydrogen) atoms. The van der Waals surface area contributed by atoms with Gasteiger partial charge in [0.05, 0.1) is 6.61 Å². The predicted octanol–water partition coefficient (Wildman–Crippen LogP) is 2.96. The van der Waals surface area contributed by atoms with Crippen LogP contribution in [0.15, 0.2) is 24.3 Å². The summed E-state index contributed by atoms with van der Waals surface area (Å²) in [5, 5.41) is 8.47. The van der Waals surface area contributed by atoms with Crippen LogP contribution in [0.2, 0.25) is 0 Å². The third-order valence-corrected chi connectivity index (χ3v) is 1.95. The van der Waals surface area contributed by atoms with Crippen LogP contribution in [0.1, 0.15) is 31.9 Å². The van der Waals surface area contributed by atoms with Gasteiger partial charge in [-0.2, -0.15) is 4.89 Å². The third kappa shape index (κ3) is 3.87. The average molecular weight is 212 g/mol. The largest absolute Gasteiger partial charge is 0.338 e. The maximum Gasteiger partial charge on any atom is 0.165 e. The standard InChI is InChI=1S/C11H16O4/c1-3-8-13-15-11-6-4-10(5-7-11)9(2)14-12/h4-7,9,12H,3,8H2,1-2H3. The van der Waals surface area contributed by atoms with Crippen LogP contribution in [-0.2, 0) is 9.78 Å². The fourth-order valence-corrected chi connectivity index (χ4v) is 1.05. The zero-order valence-corrected chi connectivity index (χ0v) is 8.97. The fraction of sp³-hybridized carbons (Fsp3) is 0.455. The highest BCUT2D eigenvalue weighted by Crippen LogP contribution is 2.19. The Morgan fingerprint density at radius 1 is 1.27 bits per heavy atom. The van der Waals surface area contributed by atoms with Crippen LogP contribution in [0.3, 0.4) is 0 Å². The summed E-state index contributed by atoms with van der Waals surface area (Å²) in [5.74, 6) is 0.636. The van der Waals surface area contributed by atoms with Crippen molar-refractivity contribution in [2.24, 2.45) is 0 Å². The highest BCUT2D eigenvalue weighted by Gasteiger charge is 2.04. The lowest BCUT2D eigenvalue weighted by Gasteiger charge is -2.08. The van der Waals surface area contributed by atoms with Crippen molar-refractivity contribution < 1.29 is 19.9 Å². The second kappa shape index (κ2) is 6.40. The molecule has 84 valence electrons. The summed E-state index contributed by atoms with van der Waals surface area (Å²) in [4.78, 5) is 14.1. The molecule has 1 rings (SSSR count). The van der Waals surface area contributed by atoms with Gasteiger partial charge in [0.25, 0.3) is 0 Å². The molecule has 0 heterocycles. The molecule has 1 N–H and O–H groups in total. The summed E-state index contributed by atoms with van der Waals surface area (Å²) >= 11 is 0. The summed E-state index contributed by atoms with van der Waals surface area (Å²) in [5.41, 5.74) is 0.875. The number of benzene rings is 1. The van der Waals surface area contributed by atoms with E-state index in [4.69, 9.17) is 15.0 Å². The topological polar surface area (TPSA) is 47.9 Å². The SMILES string of the molecule is CCCOOc1ccc(C(C)OO)cc1. The minimum atomic E-state index is -0.337. The number of hydrogen-bond donors (Lipinski definition) is 1. The van der Waals surface area contributed by atoms with E-state index in [1.54, 1.807) is 19.1 Å². The first-order chi connectivity index (χ1) is 7.27. The third-order valence-electron chi connectivity index (χ3n) is 1.95. The van der Waals surface area contributed by atoms with E-state index in [2.05, 4.69) is 4.89 Å². The lowest BCUT2D eigenvalue weighted by molar-refractivity contribution is -0.277. The molecule has 0 amide bonds. The highest BCUT2D eigenvalue weighted by atomic mass is 17.2. The molecule has 0 aliphatic carbocycles. The molecule has 0 fully saturated rings. The normalized spacial score (nSPS) is 12.5. The minimum absolute atomic E-state index is 0.337. The molecule has 0 radical (unpaired) electrons. The van der Waals surface area contributed by atoms with Crippen LogP contribution >= 0.6 is 0 Å². The molecule has 0 spiro atoms. The van der Waals surface area contributed by atoms with E-state index in [1.807, 2.05) is 19.1 Å². The second-order valence-corrected chi connectivity index (χ2v) is 3.22. The average Bonchev–Trinajstić information content (AvgIpc) is 2.29. The Kier molecular flexibility index (Phi) is 5.10. The Balaban J connectivity index is 2.49. The van der Waals surface area contributed by atoms with E-state index in [0.29, 0.717) is 12.4 Å². The van der Waals surface area contributed by atoms with Gasteiger partial charge in [0, 0.05) is 0 Å². The van der Waals surface area contributed by atoms with E-state index < -0.39 is 0 Å². The zero-order valence-electron chi connectivity index (χ0n) is 8.97. The van der Waals surface area contributed by atoms with Crippen molar-refractivity contribution >= 4 is 0 Å². The predicted molar refractivity (Wildman–Crippen MR) is 55.4 cm³/mol. The molecule has 0 saturated carbocycles. The Morgan fingerprint density at radius 3 is 2.47 bits per heavy atom. The first kappa shape index (κ1) is 12.0. The minimum Gasteiger partial charge on any atom is -0.338 e. The van der Waals surface area contributed by atoms with Crippen molar-refractivity contribution in [3.8, 4) is 5.75 Å². The van der Waals surface area contributed by atoms with Crippen LogP contribution in [0.4, 0.5) is 0 Å². The van der Waals surface area contributed by atoms with Crippen molar-refractivity contribution in [2.75, 3.05) is 6.61 Å². The van der Waals surface area contributed by atoms with Gasteiger partial charge in [-0.25, -0.2) is 4.89 Å². The van der Waals surface area contributed by atoms with Gasteiger partial charge >= 0.3 is 0 Å². The number of rotatable bonds is 6. The molecule has 0 bridgehead atoms. The van der Waals surface area contributed by atoms with Gasteiger partial charge in [-0.05, 0) is 31.0 Å². The van der Waals surface area contributed by atoms with Crippen LogP contribution in [0, 0.1) is 0 Å². The van der Waals surface area contributed by atoms with E-state index in [0.717, 1.165) is 12.0 Å². The van der Waals surface area contributed by atoms with Crippen LogP contribution in [-0.4, -0.2) is 11.9 Å². The van der Waals surface area contributed by atoms with Gasteiger partial charge < -0.3 is 4.89 Å². The van der Waals surface area contributed by atoms with Gasteiger partial charge in [0.2, 0.25) is 0 Å². The first-order valence-corrected chi connectivity index (χ1v) is 4.97. The lowest BCUT2D eigenvalue weighted by Crippen LogP contribution is -1.99. The monoisotopic (exact) mass is 212 g/mol. The van der Waals surface area contributed by atoms with Gasteiger partial charge in [0.15, 0.2) is 5.75 Å². The molecule has 0 aromatic heterocycles. The molecule has 0 aliphatic rings. The molecule has 4 nitrogen and oxygen atoms in total. The molecule has 1 aromatic rings. The van der Waals surface area contributed by atoms with E-state index in [1.165, 1.54) is 0 Å². The van der Waals surface area contributed by atoms with Crippen molar-refractivity contribution in [3.63, 3.8) is 0 Å². The summed E-state index contributed by atoms with van der Waals surface area (Å²) in [6.45, 7) is 4.33. The van der Waals surface area contributed by atoms with Crippen molar-refractivity contribution in [1.29, 1.82) is 0 Å². The molecule has 0 aliphatic heterocycles. The van der Waals surface area contributed by atoms with Crippen molar-refractivity contribution in [2.45, 2.75) is 26.4 Å². The Hall–Kier alpha value is -1.10. The second-order valence-electron chi connectivity index (χ2n) is 3.22. The molecular weight excluding hydrogens is 196 g/mol. The fourth-order valence-electron chi connectivity index (χ4n) is 1.05. The van der Waals surface area contributed by atoms with Gasteiger partial charge in [-0.3, -0.25) is 5.26 Å². The molecule has 1 atom stereocenters. The number of hydrogen-bond acceptors (Lipinski definition) is 4. The summed E-state index contributed by atoms with van der Waals surface area (Å²) in [7, 11) is 0. The van der Waals surface area contributed by atoms with Gasteiger partial charge in [0.1, 0.15) is 6.10 Å². The molecule has 4 heteroatoms. The summed E-state index contributed by atoms with van der Waals surface area (Å²) in [6, 6.07) is 7.15. The smallest absolute Gasteiger partial charge is 0.165 e. The van der Waals surface area contributed by atoms with E-state index in [9.17, 15) is 0 Å². The van der Waals surface area contributed by atoms with Crippen LogP contribution < -0.4 is 4.89 Å². The Labute approximate surface area is 89.2 Å². The summed E-state index contributed by atoms with van der Waals surface area (Å²) in [6.07, 6.45) is 0.573. The molecule has 1 aromatic carbocycles. The molecule has 0 saturated heterocycles. The first-order valence-electron chi connectivity index (χ1n) is 4.97. The van der Waals surface area contributed by atoms with E-state index >= 15 is 0 Å². The van der Waals surface area contributed by atoms with Crippen molar-refractivity contribution in [3.05, 3.63) is 29.8 Å². The Bertz CT molecular complexity index is 270. The highest BCUT2D eigenvalue weighted by molar-refractivity contribution is 5.27.